The van der Waals surface area contributed by atoms with E-state index in [0.29, 0.717) is 24.1 Å². The maximum absolute atomic E-state index is 12.9. The van der Waals surface area contributed by atoms with Crippen LogP contribution in [0.1, 0.15) is 180 Å². The number of benzene rings is 1. The second-order valence-corrected chi connectivity index (χ2v) is 15.0. The summed E-state index contributed by atoms with van der Waals surface area (Å²) in [5, 5.41) is 8.16. The van der Waals surface area contributed by atoms with Crippen molar-refractivity contribution < 1.29 is 28.6 Å². The number of carbonyl (C=O) groups is 3. The summed E-state index contributed by atoms with van der Waals surface area (Å²) in [6.45, 7) is 4.42. The first kappa shape index (κ1) is 48.3. The maximum atomic E-state index is 12.9. The van der Waals surface area contributed by atoms with Gasteiger partial charge >= 0.3 is 17.9 Å². The van der Waals surface area contributed by atoms with Crippen molar-refractivity contribution in [2.75, 3.05) is 19.8 Å². The molecule has 0 fully saturated rings. The highest BCUT2D eigenvalue weighted by molar-refractivity contribution is 5.81. The molecule has 0 N–H and O–H groups in total. The zero-order chi connectivity index (χ0) is 40.2. The number of unbranched alkanes of at least 4 members (excludes halogenated alkanes) is 16. The van der Waals surface area contributed by atoms with Gasteiger partial charge in [-0.1, -0.05) is 145 Å². The van der Waals surface area contributed by atoms with Crippen molar-refractivity contribution in [3.8, 4) is 0 Å². The molecular weight excluding hydrogens is 701 g/mol. The minimum atomic E-state index is -0.825. The Hall–Kier alpha value is -3.81. The SMILES string of the molecule is CCCCC/C=C\C/C=C\CCCCCCCC(=O)OCC(COC(=O)CCCCCCC/C=C\C/C=C\CCCCC)COC(=O)C1N=Nc2ccccc21. The number of allylic oxidation sites excluding steroid dienone is 8. The van der Waals surface area contributed by atoms with Crippen LogP contribution >= 0.6 is 0 Å². The lowest BCUT2D eigenvalue weighted by Crippen LogP contribution is -2.27. The summed E-state index contributed by atoms with van der Waals surface area (Å²) in [4.78, 5) is 38.1. The third kappa shape index (κ3) is 25.4. The second-order valence-electron chi connectivity index (χ2n) is 15.0. The highest BCUT2D eigenvalue weighted by atomic mass is 16.6. The Kier molecular flexibility index (Phi) is 29.7. The van der Waals surface area contributed by atoms with Gasteiger partial charge in [0.05, 0.1) is 11.6 Å². The zero-order valence-corrected chi connectivity index (χ0v) is 35.0. The molecule has 1 aromatic carbocycles. The third-order valence-electron chi connectivity index (χ3n) is 9.82. The molecule has 1 unspecified atom stereocenters. The van der Waals surface area contributed by atoms with Gasteiger partial charge in [0, 0.05) is 18.4 Å². The molecule has 56 heavy (non-hydrogen) atoms. The van der Waals surface area contributed by atoms with Crippen molar-refractivity contribution >= 4 is 23.6 Å². The van der Waals surface area contributed by atoms with Crippen LogP contribution in [0.5, 0.6) is 0 Å². The number of nitrogens with zero attached hydrogens (tertiary/aromatic N) is 2. The number of esters is 3. The topological polar surface area (TPSA) is 104 Å². The van der Waals surface area contributed by atoms with E-state index in [1.807, 2.05) is 18.2 Å². The van der Waals surface area contributed by atoms with Crippen LogP contribution < -0.4 is 0 Å². The second kappa shape index (κ2) is 34.4. The summed E-state index contributed by atoms with van der Waals surface area (Å²) in [6.07, 6.45) is 43.4. The molecule has 0 aliphatic carbocycles. The number of hydrogen-bond acceptors (Lipinski definition) is 8. The molecule has 1 aliphatic heterocycles. The van der Waals surface area contributed by atoms with Crippen LogP contribution in [0.3, 0.4) is 0 Å². The van der Waals surface area contributed by atoms with Crippen LogP contribution in [0, 0.1) is 5.92 Å². The minimum Gasteiger partial charge on any atom is -0.465 e. The fraction of sp³-hybridized carbons (Fsp3) is 0.646. The van der Waals surface area contributed by atoms with Crippen molar-refractivity contribution in [3.05, 3.63) is 78.4 Å². The Bertz CT molecular complexity index is 1270. The average molecular weight is 775 g/mol. The zero-order valence-electron chi connectivity index (χ0n) is 35.0. The summed E-state index contributed by atoms with van der Waals surface area (Å²) in [7, 11) is 0. The van der Waals surface area contributed by atoms with Crippen LogP contribution in [-0.4, -0.2) is 37.7 Å². The molecule has 1 aliphatic rings. The molecule has 312 valence electrons. The normalized spacial score (nSPS) is 13.9. The van der Waals surface area contributed by atoms with E-state index in [9.17, 15) is 14.4 Å². The first-order valence-corrected chi connectivity index (χ1v) is 22.1. The van der Waals surface area contributed by atoms with E-state index in [1.54, 1.807) is 6.07 Å². The van der Waals surface area contributed by atoms with Gasteiger partial charge < -0.3 is 14.2 Å². The Morgan fingerprint density at radius 2 is 0.982 bits per heavy atom. The number of rotatable bonds is 35. The number of azo groups is 1. The number of ether oxygens (including phenoxy) is 3. The van der Waals surface area contributed by atoms with Crippen LogP contribution in [0.4, 0.5) is 5.69 Å². The monoisotopic (exact) mass is 775 g/mol. The molecule has 8 nitrogen and oxygen atoms in total. The Labute approximate surface area is 339 Å². The van der Waals surface area contributed by atoms with Crippen LogP contribution in [0.15, 0.2) is 83.1 Å². The van der Waals surface area contributed by atoms with E-state index in [4.69, 9.17) is 14.2 Å². The first-order chi connectivity index (χ1) is 27.5. The van der Waals surface area contributed by atoms with E-state index >= 15 is 0 Å². The largest absolute Gasteiger partial charge is 0.465 e. The van der Waals surface area contributed by atoms with Gasteiger partial charge in [-0.3, -0.25) is 9.59 Å². The van der Waals surface area contributed by atoms with Crippen molar-refractivity contribution in [2.45, 2.75) is 174 Å². The lowest BCUT2D eigenvalue weighted by Gasteiger charge is -2.18. The molecule has 0 saturated carbocycles. The van der Waals surface area contributed by atoms with Crippen molar-refractivity contribution in [1.82, 2.24) is 0 Å². The van der Waals surface area contributed by atoms with Gasteiger partial charge in [0.2, 0.25) is 0 Å². The molecule has 1 atom stereocenters. The lowest BCUT2D eigenvalue weighted by atomic mass is 10.1. The summed E-state index contributed by atoms with van der Waals surface area (Å²) < 4.78 is 16.7. The molecule has 2 rings (SSSR count). The van der Waals surface area contributed by atoms with Gasteiger partial charge in [0.1, 0.15) is 19.8 Å². The maximum Gasteiger partial charge on any atom is 0.337 e. The van der Waals surface area contributed by atoms with Gasteiger partial charge in [-0.15, -0.1) is 0 Å². The highest BCUT2D eigenvalue weighted by Gasteiger charge is 2.29. The number of carbonyl (C=O) groups excluding carboxylic acids is 3. The predicted octanol–water partition coefficient (Wildman–Crippen LogP) is 13.7. The minimum absolute atomic E-state index is 0.00607. The van der Waals surface area contributed by atoms with E-state index in [-0.39, 0.29) is 31.8 Å². The molecule has 1 heterocycles. The third-order valence-corrected chi connectivity index (χ3v) is 9.82. The molecule has 1 aromatic rings. The molecule has 0 aromatic heterocycles. The Balaban J connectivity index is 1.63. The predicted molar refractivity (Wildman–Crippen MR) is 229 cm³/mol. The van der Waals surface area contributed by atoms with Crippen LogP contribution in [0.25, 0.3) is 0 Å². The van der Waals surface area contributed by atoms with Crippen LogP contribution in [0.2, 0.25) is 0 Å². The summed E-state index contributed by atoms with van der Waals surface area (Å²) in [6, 6.07) is 6.46. The molecular formula is C48H74N2O6. The lowest BCUT2D eigenvalue weighted by molar-refractivity contribution is -0.154. The Morgan fingerprint density at radius 3 is 1.48 bits per heavy atom. The molecule has 0 saturated heterocycles. The molecule has 0 radical (unpaired) electrons. The van der Waals surface area contributed by atoms with Crippen molar-refractivity contribution in [1.29, 1.82) is 0 Å². The van der Waals surface area contributed by atoms with Crippen LogP contribution in [-0.2, 0) is 28.6 Å². The smallest absolute Gasteiger partial charge is 0.337 e. The highest BCUT2D eigenvalue weighted by Crippen LogP contribution is 2.36. The molecule has 0 spiro atoms. The summed E-state index contributed by atoms with van der Waals surface area (Å²) in [5.41, 5.74) is 1.34. The van der Waals surface area contributed by atoms with E-state index < -0.39 is 17.9 Å². The average Bonchev–Trinajstić information content (AvgIpc) is 3.65. The Morgan fingerprint density at radius 1 is 0.554 bits per heavy atom. The van der Waals surface area contributed by atoms with Crippen molar-refractivity contribution in [3.63, 3.8) is 0 Å². The van der Waals surface area contributed by atoms with Crippen molar-refractivity contribution in [2.24, 2.45) is 16.1 Å². The van der Waals surface area contributed by atoms with E-state index in [2.05, 4.69) is 72.7 Å². The van der Waals surface area contributed by atoms with E-state index in [1.165, 1.54) is 51.4 Å². The standard InChI is InChI=1S/C48H74N2O6/c1-3-5-7-9-11-13-15-17-19-21-23-25-27-29-31-37-45(51)54-39-42(41-56-48(53)47-43-35-33-34-36-44(43)49-50-47)40-55-46(52)38-32-30-28-26-24-22-20-18-16-14-12-10-8-6-4-2/h11-14,17-20,33-36,42,47H,3-10,15-16,21-32,37-41H2,1-2H3/b13-11-,14-12-,19-17-,20-18-. The fourth-order valence-electron chi connectivity index (χ4n) is 6.32. The van der Waals surface area contributed by atoms with Gasteiger partial charge in [0.25, 0.3) is 0 Å². The number of hydrogen-bond donors (Lipinski definition) is 0. The molecule has 0 amide bonds. The quantitative estimate of drug-likeness (QED) is 0.0294. The molecule has 0 bridgehead atoms. The van der Waals surface area contributed by atoms with Gasteiger partial charge in [-0.25, -0.2) is 4.79 Å². The fourth-order valence-corrected chi connectivity index (χ4v) is 6.32. The van der Waals surface area contributed by atoms with Gasteiger partial charge in [-0.05, 0) is 83.1 Å². The summed E-state index contributed by atoms with van der Waals surface area (Å²) >= 11 is 0. The first-order valence-electron chi connectivity index (χ1n) is 22.1. The van der Waals surface area contributed by atoms with Gasteiger partial charge in [0.15, 0.2) is 6.04 Å². The number of fused-ring (bicyclic) bond motifs is 1. The van der Waals surface area contributed by atoms with E-state index in [0.717, 1.165) is 89.9 Å². The summed E-state index contributed by atoms with van der Waals surface area (Å²) in [5.74, 6) is -1.59. The van der Waals surface area contributed by atoms with Gasteiger partial charge in [-0.2, -0.15) is 10.2 Å². The molecule has 8 heteroatoms.